The van der Waals surface area contributed by atoms with Gasteiger partial charge in [0.1, 0.15) is 12.7 Å². The van der Waals surface area contributed by atoms with Crippen molar-refractivity contribution >= 4 is 14.8 Å². The predicted octanol–water partition coefficient (Wildman–Crippen LogP) is 0.0554. The highest BCUT2D eigenvalue weighted by molar-refractivity contribution is 6.60. The van der Waals surface area contributed by atoms with Crippen molar-refractivity contribution in [2.24, 2.45) is 0 Å². The summed E-state index contributed by atoms with van der Waals surface area (Å²) in [6.45, 7) is 0.249. The van der Waals surface area contributed by atoms with E-state index in [2.05, 4.69) is 4.98 Å². The molecule has 1 aromatic rings. The molecule has 8 nitrogen and oxygen atoms in total. The Kier molecular flexibility index (Phi) is 7.54. The smallest absolute Gasteiger partial charge is 0.463 e. The molecule has 0 fully saturated rings. The summed E-state index contributed by atoms with van der Waals surface area (Å²) in [6.07, 6.45) is 4.25. The SMILES string of the molecule is CO[Si](CCC(=O)OCC(O)Cn1ccnc1)(OC)OC. The summed E-state index contributed by atoms with van der Waals surface area (Å²) in [4.78, 5) is 15.5. The van der Waals surface area contributed by atoms with E-state index in [4.69, 9.17) is 18.0 Å². The lowest BCUT2D eigenvalue weighted by Gasteiger charge is -2.23. The van der Waals surface area contributed by atoms with Crippen LogP contribution in [-0.2, 0) is 29.4 Å². The summed E-state index contributed by atoms with van der Waals surface area (Å²) < 4.78 is 22.3. The molecule has 0 spiro atoms. The van der Waals surface area contributed by atoms with Crippen LogP contribution in [0.1, 0.15) is 6.42 Å². The lowest BCUT2D eigenvalue weighted by Crippen LogP contribution is -2.43. The van der Waals surface area contributed by atoms with Crippen molar-refractivity contribution in [2.75, 3.05) is 27.9 Å². The Labute approximate surface area is 125 Å². The van der Waals surface area contributed by atoms with Crippen LogP contribution >= 0.6 is 0 Å². The van der Waals surface area contributed by atoms with E-state index in [0.29, 0.717) is 12.6 Å². The molecule has 9 heteroatoms. The van der Waals surface area contributed by atoms with Gasteiger partial charge in [-0.05, 0) is 0 Å². The Bertz CT molecular complexity index is 402. The highest BCUT2D eigenvalue weighted by Crippen LogP contribution is 2.15. The van der Waals surface area contributed by atoms with E-state index in [-0.39, 0.29) is 13.0 Å². The second-order valence-corrected chi connectivity index (χ2v) is 7.48. The third-order valence-electron chi connectivity index (χ3n) is 2.99. The standard InChI is InChI=1S/C12H22N2O6Si/c1-17-21(18-2,19-3)7-4-12(16)20-9-11(15)8-14-6-5-13-10-14/h5-6,10-11,15H,4,7-9H2,1-3H3. The zero-order valence-electron chi connectivity index (χ0n) is 12.5. The van der Waals surface area contributed by atoms with E-state index >= 15 is 0 Å². The van der Waals surface area contributed by atoms with Crippen molar-refractivity contribution in [3.63, 3.8) is 0 Å². The molecule has 1 rings (SSSR count). The summed E-state index contributed by atoms with van der Waals surface area (Å²) in [6, 6.07) is 0.326. The van der Waals surface area contributed by atoms with Crippen LogP contribution in [0.4, 0.5) is 0 Å². The molecule has 0 aliphatic heterocycles. The first-order valence-corrected chi connectivity index (χ1v) is 8.43. The quantitative estimate of drug-likeness (QED) is 0.481. The largest absolute Gasteiger partial charge is 0.500 e. The van der Waals surface area contributed by atoms with Crippen molar-refractivity contribution in [1.82, 2.24) is 9.55 Å². The highest BCUT2D eigenvalue weighted by atomic mass is 28.4. The van der Waals surface area contributed by atoms with E-state index < -0.39 is 20.9 Å². The molecule has 0 saturated carbocycles. The molecule has 1 unspecified atom stereocenters. The fourth-order valence-corrected chi connectivity index (χ4v) is 3.39. The summed E-state index contributed by atoms with van der Waals surface area (Å²) in [7, 11) is 1.69. The molecule has 1 heterocycles. The normalized spacial score (nSPS) is 13.1. The first kappa shape index (κ1) is 17.8. The summed E-state index contributed by atoms with van der Waals surface area (Å²) in [5.41, 5.74) is 0. The minimum atomic E-state index is -2.76. The van der Waals surface area contributed by atoms with E-state index in [9.17, 15) is 9.90 Å². The first-order chi connectivity index (χ1) is 10.0. The number of aliphatic hydroxyl groups excluding tert-OH is 1. The molecule has 21 heavy (non-hydrogen) atoms. The molecule has 0 aliphatic rings. The van der Waals surface area contributed by atoms with Crippen molar-refractivity contribution in [3.05, 3.63) is 18.7 Å². The van der Waals surface area contributed by atoms with Crippen molar-refractivity contribution in [1.29, 1.82) is 0 Å². The van der Waals surface area contributed by atoms with Crippen molar-refractivity contribution in [3.8, 4) is 0 Å². The molecule has 1 atom stereocenters. The Morgan fingerprint density at radius 2 is 2.00 bits per heavy atom. The maximum Gasteiger partial charge on any atom is 0.500 e. The zero-order chi connectivity index (χ0) is 15.7. The van der Waals surface area contributed by atoms with Gasteiger partial charge < -0.3 is 27.7 Å². The number of aliphatic hydroxyl groups is 1. The van der Waals surface area contributed by atoms with Gasteiger partial charge in [0.2, 0.25) is 0 Å². The third-order valence-corrected chi connectivity index (χ3v) is 5.71. The lowest BCUT2D eigenvalue weighted by molar-refractivity contribution is -0.146. The van der Waals surface area contributed by atoms with E-state index in [1.54, 1.807) is 23.3 Å². The Hall–Kier alpha value is -1.26. The van der Waals surface area contributed by atoms with Gasteiger partial charge in [-0.3, -0.25) is 4.79 Å². The zero-order valence-corrected chi connectivity index (χ0v) is 13.5. The van der Waals surface area contributed by atoms with Crippen LogP contribution in [-0.4, -0.2) is 63.5 Å². The molecule has 0 radical (unpaired) electrons. The molecule has 0 aromatic carbocycles. The number of carbonyl (C=O) groups excluding carboxylic acids is 1. The Morgan fingerprint density at radius 1 is 1.33 bits per heavy atom. The molecule has 0 saturated heterocycles. The van der Waals surface area contributed by atoms with Gasteiger partial charge in [0.25, 0.3) is 0 Å². The van der Waals surface area contributed by atoms with Gasteiger partial charge in [0, 0.05) is 46.2 Å². The maximum absolute atomic E-state index is 11.6. The lowest BCUT2D eigenvalue weighted by atomic mass is 10.4. The van der Waals surface area contributed by atoms with Crippen LogP contribution in [0.25, 0.3) is 0 Å². The number of imidazole rings is 1. The first-order valence-electron chi connectivity index (χ1n) is 6.50. The number of esters is 1. The van der Waals surface area contributed by atoms with Crippen LogP contribution in [0.5, 0.6) is 0 Å². The molecular weight excluding hydrogens is 296 g/mol. The van der Waals surface area contributed by atoms with Crippen LogP contribution in [0.3, 0.4) is 0 Å². The number of carbonyl (C=O) groups is 1. The summed E-state index contributed by atoms with van der Waals surface area (Å²) >= 11 is 0. The molecule has 120 valence electrons. The minimum absolute atomic E-state index is 0.0709. The number of hydrogen-bond acceptors (Lipinski definition) is 7. The van der Waals surface area contributed by atoms with E-state index in [0.717, 1.165) is 0 Å². The molecule has 0 aliphatic carbocycles. The van der Waals surface area contributed by atoms with Crippen LogP contribution in [0.2, 0.25) is 6.04 Å². The topological polar surface area (TPSA) is 92.0 Å². The maximum atomic E-state index is 11.6. The van der Waals surface area contributed by atoms with Crippen molar-refractivity contribution in [2.45, 2.75) is 25.1 Å². The van der Waals surface area contributed by atoms with Gasteiger partial charge in [0.05, 0.1) is 12.9 Å². The van der Waals surface area contributed by atoms with Gasteiger partial charge >= 0.3 is 14.8 Å². The minimum Gasteiger partial charge on any atom is -0.463 e. The fraction of sp³-hybridized carbons (Fsp3) is 0.667. The fourth-order valence-electron chi connectivity index (χ4n) is 1.76. The van der Waals surface area contributed by atoms with E-state index in [1.807, 2.05) is 0 Å². The number of nitrogens with zero attached hydrogens (tertiary/aromatic N) is 2. The van der Waals surface area contributed by atoms with Crippen molar-refractivity contribution < 1.29 is 27.9 Å². The van der Waals surface area contributed by atoms with Gasteiger partial charge in [-0.25, -0.2) is 4.98 Å². The molecule has 1 aromatic heterocycles. The predicted molar refractivity (Wildman–Crippen MR) is 75.4 cm³/mol. The average molecular weight is 318 g/mol. The molecule has 0 bridgehead atoms. The van der Waals surface area contributed by atoms with Gasteiger partial charge in [-0.2, -0.15) is 0 Å². The Balaban J connectivity index is 2.27. The van der Waals surface area contributed by atoms with Crippen LogP contribution in [0, 0.1) is 0 Å². The third kappa shape index (κ3) is 5.94. The van der Waals surface area contributed by atoms with Gasteiger partial charge in [-0.15, -0.1) is 0 Å². The number of ether oxygens (including phenoxy) is 1. The second-order valence-electron chi connectivity index (χ2n) is 4.39. The average Bonchev–Trinajstić information content (AvgIpc) is 3.00. The van der Waals surface area contributed by atoms with E-state index in [1.165, 1.54) is 21.3 Å². The van der Waals surface area contributed by atoms with Crippen LogP contribution < -0.4 is 0 Å². The summed E-state index contributed by atoms with van der Waals surface area (Å²) in [5.74, 6) is -0.428. The summed E-state index contributed by atoms with van der Waals surface area (Å²) in [5, 5.41) is 9.75. The number of aromatic nitrogens is 2. The molecule has 1 N–H and O–H groups in total. The van der Waals surface area contributed by atoms with Gasteiger partial charge in [-0.1, -0.05) is 0 Å². The second kappa shape index (κ2) is 8.90. The molecule has 0 amide bonds. The number of hydrogen-bond donors (Lipinski definition) is 1. The van der Waals surface area contributed by atoms with Gasteiger partial charge in [0.15, 0.2) is 0 Å². The highest BCUT2D eigenvalue weighted by Gasteiger charge is 2.38. The Morgan fingerprint density at radius 3 is 2.52 bits per heavy atom. The molecular formula is C12H22N2O6Si. The number of rotatable bonds is 10. The van der Waals surface area contributed by atoms with Crippen LogP contribution in [0.15, 0.2) is 18.7 Å². The monoisotopic (exact) mass is 318 g/mol.